The summed E-state index contributed by atoms with van der Waals surface area (Å²) in [5.74, 6) is 0. The van der Waals surface area contributed by atoms with E-state index in [1.54, 1.807) is 0 Å². The number of anilines is 2. The molecule has 1 heteroatoms. The van der Waals surface area contributed by atoms with Gasteiger partial charge in [0.2, 0.25) is 0 Å². The number of allylic oxidation sites excluding steroid dienone is 17. The predicted molar refractivity (Wildman–Crippen MR) is 257 cm³/mol. The lowest BCUT2D eigenvalue weighted by Crippen LogP contribution is -2.20. The molecule has 0 aliphatic heterocycles. The summed E-state index contributed by atoms with van der Waals surface area (Å²) in [5.41, 5.74) is 16.7. The first-order chi connectivity index (χ1) is 28.0. The largest absolute Gasteiger partial charge is 0.338 e. The summed E-state index contributed by atoms with van der Waals surface area (Å²) in [6.45, 7) is 23.4. The fourth-order valence-corrected chi connectivity index (χ4v) is 8.33. The minimum Gasteiger partial charge on any atom is -0.338 e. The Morgan fingerprint density at radius 3 is 1.79 bits per heavy atom. The standard InChI is InChI=1S/C57H65N/c1-11-25-46(48-38-39-54(56(8,9)10)53(42-48)47-27-18-15-19-28-47)37-36-43(5)34-35-44(6)41-55-52(26-12-2)51(45(7)57(55,13-3)14-4)33-24-40-58(49-29-20-16-21-30-49)50-31-22-17-23-32-50/h11-12,15-39,41-42H,13-14,40H2,1-10H3/b25-11-,26-12-,33-24-,35-34+,43-36+,44-41+,46-37+. The molecular formula is C57H65N. The Labute approximate surface area is 351 Å². The molecule has 4 aromatic rings. The van der Waals surface area contributed by atoms with Gasteiger partial charge in [-0.15, -0.1) is 0 Å². The van der Waals surface area contributed by atoms with Gasteiger partial charge in [-0.3, -0.25) is 0 Å². The number of benzene rings is 4. The molecule has 0 saturated heterocycles. The molecule has 1 aliphatic carbocycles. The fraction of sp³-hybridized carbons (Fsp3) is 0.263. The van der Waals surface area contributed by atoms with Crippen molar-refractivity contribution in [3.63, 3.8) is 0 Å². The van der Waals surface area contributed by atoms with Crippen LogP contribution >= 0.6 is 0 Å². The number of hydrogen-bond acceptors (Lipinski definition) is 1. The van der Waals surface area contributed by atoms with Gasteiger partial charge in [0.15, 0.2) is 0 Å². The summed E-state index contributed by atoms with van der Waals surface area (Å²) >= 11 is 0. The Hall–Kier alpha value is -5.66. The summed E-state index contributed by atoms with van der Waals surface area (Å²) < 4.78 is 0. The summed E-state index contributed by atoms with van der Waals surface area (Å²) in [6, 6.07) is 39.1. The molecule has 0 aromatic heterocycles. The van der Waals surface area contributed by atoms with Crippen LogP contribution in [0.15, 0.2) is 209 Å². The van der Waals surface area contributed by atoms with Crippen molar-refractivity contribution in [2.24, 2.45) is 5.41 Å². The summed E-state index contributed by atoms with van der Waals surface area (Å²) in [4.78, 5) is 2.38. The monoisotopic (exact) mass is 764 g/mol. The molecular weight excluding hydrogens is 699 g/mol. The molecule has 0 unspecified atom stereocenters. The van der Waals surface area contributed by atoms with E-state index in [0.717, 1.165) is 19.4 Å². The van der Waals surface area contributed by atoms with E-state index in [2.05, 4.69) is 250 Å². The first-order valence-corrected chi connectivity index (χ1v) is 21.2. The van der Waals surface area contributed by atoms with E-state index in [1.165, 1.54) is 72.6 Å². The zero-order valence-electron chi connectivity index (χ0n) is 36.8. The lowest BCUT2D eigenvalue weighted by molar-refractivity contribution is 0.412. The lowest BCUT2D eigenvalue weighted by atomic mass is 9.72. The van der Waals surface area contributed by atoms with E-state index in [4.69, 9.17) is 0 Å². The van der Waals surface area contributed by atoms with Crippen LogP contribution in [0.25, 0.3) is 16.7 Å². The van der Waals surface area contributed by atoms with Crippen molar-refractivity contribution in [3.05, 3.63) is 221 Å². The number of para-hydroxylation sites is 2. The van der Waals surface area contributed by atoms with Crippen LogP contribution in [0.2, 0.25) is 0 Å². The van der Waals surface area contributed by atoms with E-state index < -0.39 is 0 Å². The molecule has 4 aromatic carbocycles. The van der Waals surface area contributed by atoms with Crippen molar-refractivity contribution in [1.82, 2.24) is 0 Å². The molecule has 1 aliphatic rings. The van der Waals surface area contributed by atoms with Gasteiger partial charge in [0, 0.05) is 23.3 Å². The van der Waals surface area contributed by atoms with Crippen molar-refractivity contribution in [3.8, 4) is 11.1 Å². The number of rotatable bonds is 15. The van der Waals surface area contributed by atoms with Crippen LogP contribution in [0, 0.1) is 5.41 Å². The van der Waals surface area contributed by atoms with E-state index >= 15 is 0 Å². The fourth-order valence-electron chi connectivity index (χ4n) is 8.33. The normalized spacial score (nSPS) is 15.7. The maximum atomic E-state index is 2.44. The zero-order chi connectivity index (χ0) is 41.7. The van der Waals surface area contributed by atoms with Crippen molar-refractivity contribution < 1.29 is 0 Å². The Morgan fingerprint density at radius 2 is 1.24 bits per heavy atom. The number of hydrogen-bond donors (Lipinski definition) is 0. The van der Waals surface area contributed by atoms with Gasteiger partial charge < -0.3 is 4.90 Å². The van der Waals surface area contributed by atoms with E-state index in [9.17, 15) is 0 Å². The molecule has 58 heavy (non-hydrogen) atoms. The molecule has 0 spiro atoms. The van der Waals surface area contributed by atoms with E-state index in [0.29, 0.717) is 0 Å². The molecule has 0 bridgehead atoms. The Morgan fingerprint density at radius 1 is 0.655 bits per heavy atom. The topological polar surface area (TPSA) is 3.24 Å². The van der Waals surface area contributed by atoms with Crippen LogP contribution in [-0.2, 0) is 5.41 Å². The van der Waals surface area contributed by atoms with Crippen molar-refractivity contribution in [2.75, 3.05) is 11.4 Å². The first-order valence-electron chi connectivity index (χ1n) is 21.2. The van der Waals surface area contributed by atoms with Crippen LogP contribution in [0.4, 0.5) is 11.4 Å². The van der Waals surface area contributed by atoms with Crippen LogP contribution < -0.4 is 4.90 Å². The van der Waals surface area contributed by atoms with Crippen molar-refractivity contribution >= 4 is 16.9 Å². The Bertz CT molecular complexity index is 2230. The molecule has 0 fully saturated rings. The van der Waals surface area contributed by atoms with Crippen molar-refractivity contribution in [2.45, 2.75) is 87.5 Å². The van der Waals surface area contributed by atoms with Crippen LogP contribution in [-0.4, -0.2) is 6.54 Å². The molecule has 0 amide bonds. The van der Waals surface area contributed by atoms with Crippen LogP contribution in [0.1, 0.15) is 93.2 Å². The highest BCUT2D eigenvalue weighted by Gasteiger charge is 2.40. The molecule has 0 heterocycles. The smallest absolute Gasteiger partial charge is 0.0415 e. The molecule has 0 radical (unpaired) electrons. The quantitative estimate of drug-likeness (QED) is 0.109. The van der Waals surface area contributed by atoms with Gasteiger partial charge in [-0.2, -0.15) is 0 Å². The maximum absolute atomic E-state index is 2.44. The third-order valence-electron chi connectivity index (χ3n) is 11.6. The van der Waals surface area contributed by atoms with Gasteiger partial charge >= 0.3 is 0 Å². The van der Waals surface area contributed by atoms with Gasteiger partial charge in [0.25, 0.3) is 0 Å². The minimum absolute atomic E-state index is 0.0156. The van der Waals surface area contributed by atoms with Gasteiger partial charge in [0.1, 0.15) is 0 Å². The van der Waals surface area contributed by atoms with E-state index in [1.807, 2.05) is 0 Å². The van der Waals surface area contributed by atoms with Gasteiger partial charge in [0.05, 0.1) is 0 Å². The highest BCUT2D eigenvalue weighted by atomic mass is 15.1. The molecule has 298 valence electrons. The average Bonchev–Trinajstić information content (AvgIpc) is 3.45. The summed E-state index contributed by atoms with van der Waals surface area (Å²) in [6.07, 6.45) is 27.1. The van der Waals surface area contributed by atoms with Crippen LogP contribution in [0.5, 0.6) is 0 Å². The van der Waals surface area contributed by atoms with Gasteiger partial charge in [-0.05, 0) is 128 Å². The minimum atomic E-state index is -0.0156. The molecule has 1 nitrogen and oxygen atoms in total. The van der Waals surface area contributed by atoms with Crippen LogP contribution in [0.3, 0.4) is 0 Å². The predicted octanol–water partition coefficient (Wildman–Crippen LogP) is 16.5. The average molecular weight is 764 g/mol. The maximum Gasteiger partial charge on any atom is 0.0415 e. The highest BCUT2D eigenvalue weighted by Crippen LogP contribution is 2.53. The van der Waals surface area contributed by atoms with Gasteiger partial charge in [-0.25, -0.2) is 0 Å². The SMILES string of the molecule is C/C=C\C1=C(/C=C(C)/C=C/C(C)=C/C=C(\C=C/C)c2ccc(C(C)(C)C)c(-c3ccccc3)c2)C(CC)(CC)C(C)=C1/C=C\CN(c1ccccc1)c1ccccc1. The van der Waals surface area contributed by atoms with E-state index in [-0.39, 0.29) is 10.8 Å². The molecule has 0 N–H and O–H groups in total. The highest BCUT2D eigenvalue weighted by molar-refractivity contribution is 5.80. The first kappa shape index (κ1) is 43.5. The third-order valence-corrected chi connectivity index (χ3v) is 11.6. The molecule has 0 saturated carbocycles. The second-order valence-electron chi connectivity index (χ2n) is 16.5. The second kappa shape index (κ2) is 20.2. The Balaban J connectivity index is 1.45. The van der Waals surface area contributed by atoms with Gasteiger partial charge in [-0.1, -0.05) is 197 Å². The third kappa shape index (κ3) is 10.3. The zero-order valence-corrected chi connectivity index (χ0v) is 36.8. The lowest BCUT2D eigenvalue weighted by Gasteiger charge is -2.32. The molecule has 0 atom stereocenters. The summed E-state index contributed by atoms with van der Waals surface area (Å²) in [5, 5.41) is 0. The second-order valence-corrected chi connectivity index (χ2v) is 16.5. The number of nitrogens with zero attached hydrogens (tertiary/aromatic N) is 1. The Kier molecular flexibility index (Phi) is 15.1. The molecule has 5 rings (SSSR count). The summed E-state index contributed by atoms with van der Waals surface area (Å²) in [7, 11) is 0. The van der Waals surface area contributed by atoms with Crippen molar-refractivity contribution in [1.29, 1.82) is 0 Å².